The molecule has 0 unspecified atom stereocenters. The Hall–Kier alpha value is -2.09. The maximum absolute atomic E-state index is 12.6. The van der Waals surface area contributed by atoms with E-state index in [1.165, 1.54) is 23.3 Å². The van der Waals surface area contributed by atoms with Crippen molar-refractivity contribution >= 4 is 17.3 Å². The topological polar surface area (TPSA) is 61.0 Å². The molecule has 0 bridgehead atoms. The van der Waals surface area contributed by atoms with Gasteiger partial charge in [0.15, 0.2) is 0 Å². The van der Waals surface area contributed by atoms with Crippen LogP contribution in [0.15, 0.2) is 30.9 Å². The Morgan fingerprint density at radius 2 is 2.05 bits per heavy atom. The largest absolute Gasteiger partial charge is 0.418 e. The van der Waals surface area contributed by atoms with Crippen molar-refractivity contribution in [2.24, 2.45) is 0 Å². The summed E-state index contributed by atoms with van der Waals surface area (Å²) in [5.41, 5.74) is -2.03. The lowest BCUT2D eigenvalue weighted by Crippen LogP contribution is -2.08. The van der Waals surface area contributed by atoms with E-state index < -0.39 is 27.4 Å². The molecule has 0 fully saturated rings. The summed E-state index contributed by atoms with van der Waals surface area (Å²) in [6, 6.07) is 1.31. The van der Waals surface area contributed by atoms with Gasteiger partial charge in [0.2, 0.25) is 0 Å². The Bertz CT molecular complexity index is 626. The van der Waals surface area contributed by atoms with Gasteiger partial charge in [-0.2, -0.15) is 13.2 Å². The number of hydrogen-bond acceptors (Lipinski definition) is 3. The van der Waals surface area contributed by atoms with Crippen LogP contribution in [-0.4, -0.2) is 14.5 Å². The Morgan fingerprint density at radius 3 is 2.53 bits per heavy atom. The third-order valence-electron chi connectivity index (χ3n) is 2.35. The molecule has 0 atom stereocenters. The van der Waals surface area contributed by atoms with Crippen LogP contribution >= 0.6 is 11.6 Å². The van der Waals surface area contributed by atoms with E-state index in [2.05, 4.69) is 4.98 Å². The van der Waals surface area contributed by atoms with E-state index >= 15 is 0 Å². The summed E-state index contributed by atoms with van der Waals surface area (Å²) in [6.45, 7) is 0. The van der Waals surface area contributed by atoms with Crippen LogP contribution < -0.4 is 0 Å². The quantitative estimate of drug-likeness (QED) is 0.629. The number of hydrogen-bond donors (Lipinski definition) is 0. The van der Waals surface area contributed by atoms with Gasteiger partial charge in [-0.15, -0.1) is 0 Å². The molecule has 1 heterocycles. The second-order valence-electron chi connectivity index (χ2n) is 3.55. The second kappa shape index (κ2) is 4.54. The van der Waals surface area contributed by atoms with Crippen LogP contribution in [0.1, 0.15) is 5.56 Å². The maximum atomic E-state index is 12.6. The highest BCUT2D eigenvalue weighted by Gasteiger charge is 2.36. The average Bonchev–Trinajstić information content (AvgIpc) is 2.79. The van der Waals surface area contributed by atoms with Gasteiger partial charge in [0.1, 0.15) is 5.69 Å². The zero-order valence-electron chi connectivity index (χ0n) is 9.06. The first-order valence-electron chi connectivity index (χ1n) is 4.84. The van der Waals surface area contributed by atoms with Gasteiger partial charge in [0.05, 0.1) is 21.8 Å². The fourth-order valence-electron chi connectivity index (χ4n) is 1.52. The van der Waals surface area contributed by atoms with Crippen molar-refractivity contribution in [1.29, 1.82) is 0 Å². The monoisotopic (exact) mass is 291 g/mol. The normalized spacial score (nSPS) is 11.6. The van der Waals surface area contributed by atoms with E-state index in [0.29, 0.717) is 6.07 Å². The van der Waals surface area contributed by atoms with Gasteiger partial charge in [-0.25, -0.2) is 4.98 Å². The number of aromatic nitrogens is 2. The summed E-state index contributed by atoms with van der Waals surface area (Å²) in [7, 11) is 0. The highest BCUT2D eigenvalue weighted by atomic mass is 35.5. The summed E-state index contributed by atoms with van der Waals surface area (Å²) in [4.78, 5) is 13.6. The Morgan fingerprint density at radius 1 is 1.37 bits per heavy atom. The molecule has 0 aliphatic carbocycles. The van der Waals surface area contributed by atoms with Crippen LogP contribution in [0.3, 0.4) is 0 Å². The summed E-state index contributed by atoms with van der Waals surface area (Å²) in [5, 5.41) is 10.3. The summed E-state index contributed by atoms with van der Waals surface area (Å²) < 4.78 is 39.1. The van der Waals surface area contributed by atoms with Gasteiger partial charge < -0.3 is 4.57 Å². The van der Waals surface area contributed by atoms with Crippen molar-refractivity contribution in [2.45, 2.75) is 6.18 Å². The van der Waals surface area contributed by atoms with E-state index in [0.717, 1.165) is 6.07 Å². The Labute approximate surface area is 109 Å². The summed E-state index contributed by atoms with van der Waals surface area (Å²) in [6.07, 6.45) is -0.817. The lowest BCUT2D eigenvalue weighted by atomic mass is 10.1. The first kappa shape index (κ1) is 13.3. The zero-order chi connectivity index (χ0) is 14.2. The highest BCUT2D eigenvalue weighted by Crippen LogP contribution is 2.39. The predicted octanol–water partition coefficient (Wildman–Crippen LogP) is 3.45. The number of rotatable bonds is 2. The van der Waals surface area contributed by atoms with Crippen molar-refractivity contribution in [3.05, 3.63) is 51.6 Å². The third kappa shape index (κ3) is 2.53. The van der Waals surface area contributed by atoms with Crippen LogP contribution in [0.2, 0.25) is 5.02 Å². The Kier molecular flexibility index (Phi) is 3.19. The lowest BCUT2D eigenvalue weighted by Gasteiger charge is -2.11. The van der Waals surface area contributed by atoms with E-state index in [4.69, 9.17) is 11.6 Å². The fraction of sp³-hybridized carbons (Fsp3) is 0.100. The minimum absolute atomic E-state index is 0.0829. The van der Waals surface area contributed by atoms with E-state index in [-0.39, 0.29) is 5.69 Å². The van der Waals surface area contributed by atoms with Gasteiger partial charge in [-0.1, -0.05) is 11.6 Å². The second-order valence-corrected chi connectivity index (χ2v) is 3.95. The SMILES string of the molecule is O=[N+]([O-])c1cc(C(F)(F)F)c(Cl)cc1-n1ccnc1. The standard InChI is InChI=1S/C10H5ClF3N3O2/c11-7-4-8(16-2-1-15-5-16)9(17(18)19)3-6(7)10(12,13)14/h1-5H. The van der Waals surface area contributed by atoms with Crippen LogP contribution in [0.25, 0.3) is 5.69 Å². The molecular formula is C10H5ClF3N3O2. The van der Waals surface area contributed by atoms with Crippen LogP contribution in [-0.2, 0) is 6.18 Å². The number of alkyl halides is 3. The van der Waals surface area contributed by atoms with Gasteiger partial charge in [-0.05, 0) is 6.07 Å². The molecule has 2 aromatic rings. The number of nitro groups is 1. The minimum atomic E-state index is -4.75. The molecule has 5 nitrogen and oxygen atoms in total. The molecule has 1 aromatic carbocycles. The van der Waals surface area contributed by atoms with Crippen LogP contribution in [0, 0.1) is 10.1 Å². The molecule has 1 aromatic heterocycles. The van der Waals surface area contributed by atoms with E-state index in [1.54, 1.807) is 0 Å². The molecular weight excluding hydrogens is 287 g/mol. The molecule has 19 heavy (non-hydrogen) atoms. The van der Waals surface area contributed by atoms with E-state index in [1.807, 2.05) is 0 Å². The molecule has 0 amide bonds. The van der Waals surface area contributed by atoms with Crippen molar-refractivity contribution in [2.75, 3.05) is 0 Å². The molecule has 0 N–H and O–H groups in total. The molecule has 0 aliphatic rings. The number of nitro benzene ring substituents is 1. The molecule has 0 radical (unpaired) electrons. The van der Waals surface area contributed by atoms with Gasteiger partial charge in [0, 0.05) is 18.5 Å². The first-order chi connectivity index (χ1) is 8.80. The molecule has 0 spiro atoms. The molecule has 2 rings (SSSR count). The van der Waals surface area contributed by atoms with Crippen LogP contribution in [0.5, 0.6) is 0 Å². The predicted molar refractivity (Wildman–Crippen MR) is 60.2 cm³/mol. The lowest BCUT2D eigenvalue weighted by molar-refractivity contribution is -0.384. The van der Waals surface area contributed by atoms with E-state index in [9.17, 15) is 23.3 Å². The maximum Gasteiger partial charge on any atom is 0.418 e. The smallest absolute Gasteiger partial charge is 0.300 e. The number of halogens is 4. The van der Waals surface area contributed by atoms with Gasteiger partial charge >= 0.3 is 6.18 Å². The van der Waals surface area contributed by atoms with Gasteiger partial charge in [-0.3, -0.25) is 10.1 Å². The highest BCUT2D eigenvalue weighted by molar-refractivity contribution is 6.31. The summed E-state index contributed by atoms with van der Waals surface area (Å²) in [5.74, 6) is 0. The average molecular weight is 292 g/mol. The van der Waals surface area contributed by atoms with Gasteiger partial charge in [0.25, 0.3) is 5.69 Å². The molecule has 9 heteroatoms. The molecule has 0 saturated heterocycles. The first-order valence-corrected chi connectivity index (χ1v) is 5.22. The Balaban J connectivity index is 2.70. The number of nitrogens with zero attached hydrogens (tertiary/aromatic N) is 3. The zero-order valence-corrected chi connectivity index (χ0v) is 9.81. The molecule has 0 saturated carbocycles. The van der Waals surface area contributed by atoms with Crippen LogP contribution in [0.4, 0.5) is 18.9 Å². The summed E-state index contributed by atoms with van der Waals surface area (Å²) >= 11 is 5.53. The molecule has 0 aliphatic heterocycles. The third-order valence-corrected chi connectivity index (χ3v) is 2.66. The fourth-order valence-corrected chi connectivity index (χ4v) is 1.79. The van der Waals surface area contributed by atoms with Crippen molar-refractivity contribution in [1.82, 2.24) is 9.55 Å². The number of imidazole rings is 1. The van der Waals surface area contributed by atoms with Crippen molar-refractivity contribution in [3.8, 4) is 5.69 Å². The molecule has 100 valence electrons. The van der Waals surface area contributed by atoms with Crippen molar-refractivity contribution in [3.63, 3.8) is 0 Å². The van der Waals surface area contributed by atoms with Crippen molar-refractivity contribution < 1.29 is 18.1 Å². The number of benzene rings is 1. The minimum Gasteiger partial charge on any atom is -0.300 e.